The van der Waals surface area contributed by atoms with Crippen LogP contribution in [0, 0.1) is 29.1 Å². The van der Waals surface area contributed by atoms with E-state index >= 15 is 0 Å². The molecule has 0 N–H and O–H groups in total. The summed E-state index contributed by atoms with van der Waals surface area (Å²) >= 11 is 0. The minimum atomic E-state index is -0.0850. The lowest BCUT2D eigenvalue weighted by molar-refractivity contribution is -0.660. The minimum Gasteiger partial charge on any atom is -0.454 e. The van der Waals surface area contributed by atoms with Crippen molar-refractivity contribution in [2.45, 2.75) is 73.1 Å². The van der Waals surface area contributed by atoms with Gasteiger partial charge in [0, 0.05) is 28.5 Å². The van der Waals surface area contributed by atoms with Crippen LogP contribution >= 0.6 is 0 Å². The van der Waals surface area contributed by atoms with E-state index in [1.807, 2.05) is 18.2 Å². The van der Waals surface area contributed by atoms with Crippen LogP contribution in [0.15, 0.2) is 71.3 Å². The van der Waals surface area contributed by atoms with Crippen molar-refractivity contribution in [1.29, 1.82) is 5.26 Å². The third-order valence-corrected chi connectivity index (χ3v) is 11.8. The molecule has 1 aliphatic carbocycles. The van der Waals surface area contributed by atoms with Gasteiger partial charge in [-0.3, -0.25) is 0 Å². The summed E-state index contributed by atoms with van der Waals surface area (Å²) in [4.78, 5) is 0. The quantitative estimate of drug-likeness (QED) is 0.209. The number of hydrogen-bond donors (Lipinski definition) is 0. The summed E-state index contributed by atoms with van der Waals surface area (Å²) in [6, 6.07) is 23.9. The number of aromatic nitrogens is 1. The molecule has 0 unspecified atom stereocenters. The highest BCUT2D eigenvalue weighted by Gasteiger charge is 2.60. The second-order valence-electron chi connectivity index (χ2n) is 14.2. The van der Waals surface area contributed by atoms with Gasteiger partial charge in [0.1, 0.15) is 18.2 Å². The molecule has 41 heavy (non-hydrogen) atoms. The molecule has 0 fully saturated rings. The maximum atomic E-state index is 10.3. The van der Waals surface area contributed by atoms with E-state index in [0.29, 0.717) is 5.56 Å². The molecule has 0 bridgehead atoms. The molecule has 0 aliphatic heterocycles. The number of fused-ring (bicyclic) bond motifs is 4. The van der Waals surface area contributed by atoms with Crippen molar-refractivity contribution < 1.29 is 8.98 Å². The van der Waals surface area contributed by atoms with E-state index in [4.69, 9.17) is 4.42 Å². The van der Waals surface area contributed by atoms with Crippen LogP contribution < -0.4 is 4.57 Å². The molecule has 5 aromatic rings. The molecule has 3 nitrogen and oxygen atoms in total. The van der Waals surface area contributed by atoms with Crippen LogP contribution in [-0.2, 0) is 17.9 Å². The zero-order valence-corrected chi connectivity index (χ0v) is 26.2. The first-order chi connectivity index (χ1) is 19.2. The average Bonchev–Trinajstić information content (AvgIpc) is 3.30. The highest BCUT2D eigenvalue weighted by molar-refractivity contribution is 6.14. The molecular weight excluding hydrogens is 500 g/mol. The van der Waals surface area contributed by atoms with Crippen LogP contribution in [0.2, 0.25) is 0 Å². The molecule has 3 aromatic carbocycles. The molecule has 2 aromatic heterocycles. The summed E-state index contributed by atoms with van der Waals surface area (Å²) in [6.07, 6.45) is 2.06. The number of nitriles is 1. The molecule has 2 heterocycles. The molecule has 6 rings (SSSR count). The van der Waals surface area contributed by atoms with Gasteiger partial charge in [-0.1, -0.05) is 85.7 Å². The molecule has 3 heteroatoms. The Balaban J connectivity index is 1.68. The first-order valence-corrected chi connectivity index (χ1v) is 14.7. The summed E-state index contributed by atoms with van der Waals surface area (Å²) < 4.78 is 8.98. The molecule has 0 radical (unpaired) electrons. The van der Waals surface area contributed by atoms with Crippen LogP contribution in [0.25, 0.3) is 44.3 Å². The van der Waals surface area contributed by atoms with Crippen molar-refractivity contribution in [3.63, 3.8) is 0 Å². The maximum Gasteiger partial charge on any atom is 0.216 e. The molecule has 1 aliphatic rings. The van der Waals surface area contributed by atoms with Crippen LogP contribution in [-0.4, -0.2) is 0 Å². The van der Waals surface area contributed by atoms with Crippen molar-refractivity contribution in [3.05, 3.63) is 89.1 Å². The van der Waals surface area contributed by atoms with Gasteiger partial charge < -0.3 is 4.42 Å². The van der Waals surface area contributed by atoms with Crippen LogP contribution in [0.1, 0.15) is 77.6 Å². The van der Waals surface area contributed by atoms with Crippen LogP contribution in [0.3, 0.4) is 0 Å². The zero-order chi connectivity index (χ0) is 29.7. The third kappa shape index (κ3) is 3.40. The van der Waals surface area contributed by atoms with Gasteiger partial charge in [-0.25, -0.2) is 4.57 Å². The van der Waals surface area contributed by atoms with Gasteiger partial charge in [-0.05, 0) is 69.0 Å². The lowest BCUT2D eigenvalue weighted by Crippen LogP contribution is -2.59. The molecule has 0 amide bonds. The van der Waals surface area contributed by atoms with E-state index in [-0.39, 0.29) is 21.7 Å². The van der Waals surface area contributed by atoms with Crippen LogP contribution in [0.5, 0.6) is 0 Å². The first kappa shape index (κ1) is 27.3. The molecule has 0 saturated heterocycles. The lowest BCUT2D eigenvalue weighted by Gasteiger charge is -2.64. The van der Waals surface area contributed by atoms with Gasteiger partial charge in [0.25, 0.3) is 0 Å². The maximum absolute atomic E-state index is 10.3. The van der Waals surface area contributed by atoms with E-state index in [0.717, 1.165) is 49.9 Å². The highest BCUT2D eigenvalue weighted by Crippen LogP contribution is 2.65. The van der Waals surface area contributed by atoms with Gasteiger partial charge in [0.2, 0.25) is 5.69 Å². The van der Waals surface area contributed by atoms with E-state index in [1.165, 1.54) is 11.1 Å². The molecular formula is C38H41N2O+. The first-order valence-electron chi connectivity index (χ1n) is 14.7. The Labute approximate surface area is 244 Å². The molecule has 0 spiro atoms. The molecule has 0 atom stereocenters. The summed E-state index contributed by atoms with van der Waals surface area (Å²) in [5, 5.41) is 12.4. The number of hydrogen-bond acceptors (Lipinski definition) is 2. The van der Waals surface area contributed by atoms with E-state index in [9.17, 15) is 5.26 Å². The summed E-state index contributed by atoms with van der Waals surface area (Å²) in [5.74, 6) is 0. The van der Waals surface area contributed by atoms with Gasteiger partial charge in [-0.2, -0.15) is 5.26 Å². The molecule has 0 saturated carbocycles. The second kappa shape index (κ2) is 8.56. The van der Waals surface area contributed by atoms with Crippen molar-refractivity contribution in [2.75, 3.05) is 0 Å². The number of furan rings is 1. The Hall–Kier alpha value is -3.90. The summed E-state index contributed by atoms with van der Waals surface area (Å²) in [7, 11) is 2.06. The smallest absolute Gasteiger partial charge is 0.216 e. The van der Waals surface area contributed by atoms with Crippen molar-refractivity contribution in [1.82, 2.24) is 0 Å². The Kier molecular flexibility index (Phi) is 5.69. The summed E-state index contributed by atoms with van der Waals surface area (Å²) in [5.41, 5.74) is 10.2. The van der Waals surface area contributed by atoms with Crippen molar-refractivity contribution in [3.8, 4) is 28.5 Å². The van der Waals surface area contributed by atoms with Gasteiger partial charge in [0.15, 0.2) is 6.20 Å². The highest BCUT2D eigenvalue weighted by atomic mass is 16.3. The normalized spacial score (nSPS) is 18.3. The SMILES string of the molecule is Cc1ccc2c(oc3c(-c4ccc5c(c4)C(C)(C)C(C)(C)C(C)(C)C5(C)C)c(C#N)ccc32)c1-c1cccc[n+]1C. The van der Waals surface area contributed by atoms with Crippen molar-refractivity contribution in [2.24, 2.45) is 17.9 Å². The predicted octanol–water partition coefficient (Wildman–Crippen LogP) is 9.55. The standard InChI is InChI=1S/C38H41N2O/c1-23-14-17-26-27-18-15-25(22-39)32(34(27)41-33(26)31(23)30-13-11-12-20-40(30)10)24-16-19-28-29(21-24)36(4,5)38(8,9)37(6,7)35(28,2)3/h11-21H,1-10H3/q+1. The largest absolute Gasteiger partial charge is 0.454 e. The molecule has 208 valence electrons. The second-order valence-corrected chi connectivity index (χ2v) is 14.2. The van der Waals surface area contributed by atoms with E-state index < -0.39 is 0 Å². The Morgan fingerprint density at radius 1 is 0.707 bits per heavy atom. The van der Waals surface area contributed by atoms with Gasteiger partial charge in [0.05, 0.1) is 17.2 Å². The van der Waals surface area contributed by atoms with E-state index in [2.05, 4.69) is 129 Å². The summed E-state index contributed by atoms with van der Waals surface area (Å²) in [6.45, 7) is 21.3. The fraction of sp³-hybridized carbons (Fsp3) is 0.368. The Bertz CT molecular complexity index is 1920. The average molecular weight is 542 g/mol. The van der Waals surface area contributed by atoms with Gasteiger partial charge >= 0.3 is 0 Å². The lowest BCUT2D eigenvalue weighted by atomic mass is 9.40. The number of pyridine rings is 1. The van der Waals surface area contributed by atoms with E-state index in [1.54, 1.807) is 0 Å². The third-order valence-electron chi connectivity index (χ3n) is 11.8. The van der Waals surface area contributed by atoms with Crippen LogP contribution in [0.4, 0.5) is 0 Å². The topological polar surface area (TPSA) is 40.8 Å². The monoisotopic (exact) mass is 541 g/mol. The van der Waals surface area contributed by atoms with Gasteiger partial charge in [-0.15, -0.1) is 0 Å². The minimum absolute atomic E-state index is 0.0240. The Morgan fingerprint density at radius 3 is 1.95 bits per heavy atom. The zero-order valence-electron chi connectivity index (χ0n) is 26.2. The predicted molar refractivity (Wildman–Crippen MR) is 169 cm³/mol. The fourth-order valence-corrected chi connectivity index (χ4v) is 7.48. The van der Waals surface area contributed by atoms with Crippen molar-refractivity contribution >= 4 is 21.9 Å². The number of nitrogens with zero attached hydrogens (tertiary/aromatic N) is 2. The fourth-order valence-electron chi connectivity index (χ4n) is 7.48. The number of aryl methyl sites for hydroxylation is 2. The number of benzene rings is 3. The number of rotatable bonds is 2. The Morgan fingerprint density at radius 2 is 1.32 bits per heavy atom.